The molecular formula is C6H7BMoO3. The second kappa shape index (κ2) is 5.36. The molecule has 2 N–H and O–H groups in total. The van der Waals surface area contributed by atoms with E-state index in [4.69, 9.17) is 10.0 Å². The Morgan fingerprint density at radius 1 is 1.09 bits per heavy atom. The molecule has 0 atom stereocenters. The molecule has 0 spiro atoms. The van der Waals surface area contributed by atoms with Crippen molar-refractivity contribution < 1.29 is 35.8 Å². The molecule has 3 nitrogen and oxygen atoms in total. The molecule has 0 radical (unpaired) electrons. The third-order valence-corrected chi connectivity index (χ3v) is 0.985. The van der Waals surface area contributed by atoms with E-state index in [0.717, 1.165) is 0 Å². The zero-order chi connectivity index (χ0) is 7.40. The normalized spacial score (nSPS) is 8.18. The van der Waals surface area contributed by atoms with Crippen molar-refractivity contribution in [3.05, 3.63) is 30.3 Å². The van der Waals surface area contributed by atoms with Gasteiger partial charge in [0.2, 0.25) is 0 Å². The van der Waals surface area contributed by atoms with Crippen LogP contribution >= 0.6 is 0 Å². The van der Waals surface area contributed by atoms with E-state index in [9.17, 15) is 0 Å². The van der Waals surface area contributed by atoms with Crippen LogP contribution in [-0.2, 0) is 21.1 Å². The Morgan fingerprint density at radius 2 is 1.64 bits per heavy atom. The second-order valence-corrected chi connectivity index (χ2v) is 1.76. The quantitative estimate of drug-likeness (QED) is 0.709. The van der Waals surface area contributed by atoms with Crippen molar-refractivity contribution in [2.45, 2.75) is 0 Å². The van der Waals surface area contributed by atoms with Gasteiger partial charge in [0.1, 0.15) is 5.75 Å². The maximum absolute atomic E-state index is 8.34. The fourth-order valence-corrected chi connectivity index (χ4v) is 0.621. The molecule has 5 heteroatoms. The number of para-hydroxylation sites is 1. The SMILES string of the molecule is OB(O)Oc1ccccc1.[Mo]. The van der Waals surface area contributed by atoms with Gasteiger partial charge in [0.05, 0.1) is 0 Å². The molecule has 0 fully saturated rings. The Kier molecular flexibility index (Phi) is 5.21. The molecule has 0 amide bonds. The van der Waals surface area contributed by atoms with Gasteiger partial charge >= 0.3 is 7.32 Å². The van der Waals surface area contributed by atoms with Gasteiger partial charge in [-0.1, -0.05) is 18.2 Å². The van der Waals surface area contributed by atoms with Gasteiger partial charge < -0.3 is 14.7 Å². The fourth-order valence-electron chi connectivity index (χ4n) is 0.621. The van der Waals surface area contributed by atoms with Crippen molar-refractivity contribution in [1.82, 2.24) is 0 Å². The number of hydrogen-bond donors (Lipinski definition) is 2. The number of rotatable bonds is 2. The van der Waals surface area contributed by atoms with Crippen LogP contribution in [0, 0.1) is 0 Å². The summed E-state index contributed by atoms with van der Waals surface area (Å²) in [6, 6.07) is 8.59. The smallest absolute Gasteiger partial charge is 0.512 e. The Hall–Kier alpha value is -0.307. The van der Waals surface area contributed by atoms with Crippen LogP contribution in [0.4, 0.5) is 0 Å². The molecule has 0 aliphatic carbocycles. The first kappa shape index (κ1) is 10.7. The van der Waals surface area contributed by atoms with Crippen LogP contribution in [0.2, 0.25) is 0 Å². The molecule has 0 saturated heterocycles. The van der Waals surface area contributed by atoms with Crippen LogP contribution < -0.4 is 4.65 Å². The van der Waals surface area contributed by atoms with Crippen LogP contribution in [0.1, 0.15) is 0 Å². The maximum atomic E-state index is 8.34. The average molecular weight is 234 g/mol. The van der Waals surface area contributed by atoms with Crippen LogP contribution in [0.5, 0.6) is 5.75 Å². The van der Waals surface area contributed by atoms with Crippen molar-refractivity contribution in [3.8, 4) is 5.75 Å². The third kappa shape index (κ3) is 4.20. The summed E-state index contributed by atoms with van der Waals surface area (Å²) in [6.45, 7) is 0. The van der Waals surface area contributed by atoms with Crippen molar-refractivity contribution in [2.24, 2.45) is 0 Å². The zero-order valence-corrected chi connectivity index (χ0v) is 7.68. The second-order valence-electron chi connectivity index (χ2n) is 1.76. The third-order valence-electron chi connectivity index (χ3n) is 0.985. The van der Waals surface area contributed by atoms with E-state index in [-0.39, 0.29) is 21.1 Å². The van der Waals surface area contributed by atoms with Crippen LogP contribution in [0.15, 0.2) is 30.3 Å². The van der Waals surface area contributed by atoms with E-state index in [1.54, 1.807) is 24.3 Å². The maximum Gasteiger partial charge on any atom is 0.707 e. The molecule has 1 aromatic carbocycles. The monoisotopic (exact) mass is 236 g/mol. The molecule has 0 aliphatic heterocycles. The summed E-state index contributed by atoms with van der Waals surface area (Å²) in [7, 11) is -1.73. The average Bonchev–Trinajstić information content (AvgIpc) is 1.88. The summed E-state index contributed by atoms with van der Waals surface area (Å²) in [5, 5.41) is 16.7. The van der Waals surface area contributed by atoms with Gasteiger partial charge in [-0.25, -0.2) is 0 Å². The van der Waals surface area contributed by atoms with Crippen LogP contribution in [0.3, 0.4) is 0 Å². The van der Waals surface area contributed by atoms with Crippen LogP contribution in [-0.4, -0.2) is 17.4 Å². The summed E-state index contributed by atoms with van der Waals surface area (Å²) in [5.74, 6) is 0.442. The minimum atomic E-state index is -1.73. The van der Waals surface area contributed by atoms with Gasteiger partial charge in [0.15, 0.2) is 0 Å². The van der Waals surface area contributed by atoms with Gasteiger partial charge in [0.25, 0.3) is 0 Å². The summed E-state index contributed by atoms with van der Waals surface area (Å²) >= 11 is 0. The molecule has 0 aliphatic rings. The molecule has 0 unspecified atom stereocenters. The molecule has 1 rings (SSSR count). The van der Waals surface area contributed by atoms with E-state index < -0.39 is 7.32 Å². The van der Waals surface area contributed by atoms with Gasteiger partial charge in [-0.2, -0.15) is 0 Å². The standard InChI is InChI=1S/C6H7BO3.Mo/c8-7(9)10-6-4-2-1-3-5-6;/h1-5,8-9H;. The molecule has 0 aromatic heterocycles. The molecule has 0 heterocycles. The summed E-state index contributed by atoms with van der Waals surface area (Å²) in [6.07, 6.45) is 0. The molecule has 11 heavy (non-hydrogen) atoms. The van der Waals surface area contributed by atoms with Gasteiger partial charge in [-0.3, -0.25) is 0 Å². The number of hydrogen-bond acceptors (Lipinski definition) is 3. The van der Waals surface area contributed by atoms with E-state index in [0.29, 0.717) is 5.75 Å². The van der Waals surface area contributed by atoms with Crippen molar-refractivity contribution in [1.29, 1.82) is 0 Å². The minimum Gasteiger partial charge on any atom is -0.512 e. The first-order valence-corrected chi connectivity index (χ1v) is 2.87. The van der Waals surface area contributed by atoms with Crippen molar-refractivity contribution in [2.75, 3.05) is 0 Å². The van der Waals surface area contributed by atoms with Gasteiger partial charge in [-0.05, 0) is 12.1 Å². The minimum absolute atomic E-state index is 0. The summed E-state index contributed by atoms with van der Waals surface area (Å²) < 4.78 is 4.53. The molecule has 58 valence electrons. The van der Waals surface area contributed by atoms with E-state index in [1.165, 1.54) is 0 Å². The Bertz CT molecular complexity index is 192. The van der Waals surface area contributed by atoms with E-state index >= 15 is 0 Å². The van der Waals surface area contributed by atoms with Gasteiger partial charge in [-0.15, -0.1) is 0 Å². The number of benzene rings is 1. The molecule has 0 saturated carbocycles. The fraction of sp³-hybridized carbons (Fsp3) is 0. The van der Waals surface area contributed by atoms with Crippen molar-refractivity contribution >= 4 is 7.32 Å². The summed E-state index contributed by atoms with van der Waals surface area (Å²) in [4.78, 5) is 0. The predicted molar refractivity (Wildman–Crippen MR) is 37.3 cm³/mol. The first-order valence-electron chi connectivity index (χ1n) is 2.87. The Labute approximate surface area is 79.4 Å². The van der Waals surface area contributed by atoms with E-state index in [1.807, 2.05) is 6.07 Å². The topological polar surface area (TPSA) is 49.7 Å². The predicted octanol–water partition coefficient (Wildman–Crippen LogP) is 0.0324. The largest absolute Gasteiger partial charge is 0.707 e. The first-order chi connectivity index (χ1) is 4.79. The van der Waals surface area contributed by atoms with Crippen molar-refractivity contribution in [3.63, 3.8) is 0 Å². The molecule has 1 aromatic rings. The summed E-state index contributed by atoms with van der Waals surface area (Å²) in [5.41, 5.74) is 0. The van der Waals surface area contributed by atoms with Gasteiger partial charge in [0, 0.05) is 21.1 Å². The zero-order valence-electron chi connectivity index (χ0n) is 5.68. The Morgan fingerprint density at radius 3 is 2.09 bits per heavy atom. The van der Waals surface area contributed by atoms with Crippen LogP contribution in [0.25, 0.3) is 0 Å². The molecule has 0 bridgehead atoms. The Balaban J connectivity index is 0.000001000. The molecular weight excluding hydrogens is 227 g/mol. The van der Waals surface area contributed by atoms with E-state index in [2.05, 4.69) is 4.65 Å².